The van der Waals surface area contributed by atoms with Gasteiger partial charge in [0.05, 0.1) is 0 Å². The van der Waals surface area contributed by atoms with Crippen molar-refractivity contribution in [1.82, 2.24) is 5.32 Å². The standard InChI is InChI=1S/C15H18N2OS/c16-14(19)11-2-1-3-12(8-11)15(18)17-13-7-9-4-5-10(13)6-9/h1-3,8-10,13H,4-7H2,(H2,16,19)(H,17,18). The number of nitrogens with two attached hydrogens (primary N) is 1. The van der Waals surface area contributed by atoms with Crippen molar-refractivity contribution < 1.29 is 4.79 Å². The van der Waals surface area contributed by atoms with E-state index in [2.05, 4.69) is 5.32 Å². The number of thiocarbonyl (C=S) groups is 1. The van der Waals surface area contributed by atoms with E-state index in [0.29, 0.717) is 22.5 Å². The Hall–Kier alpha value is -1.42. The highest BCUT2D eigenvalue weighted by Crippen LogP contribution is 2.44. The van der Waals surface area contributed by atoms with Crippen LogP contribution in [0.3, 0.4) is 0 Å². The Morgan fingerprint density at radius 1 is 1.26 bits per heavy atom. The summed E-state index contributed by atoms with van der Waals surface area (Å²) in [6, 6.07) is 7.59. The maximum atomic E-state index is 12.3. The maximum Gasteiger partial charge on any atom is 0.251 e. The van der Waals surface area contributed by atoms with Crippen molar-refractivity contribution in [2.24, 2.45) is 17.6 Å². The van der Waals surface area contributed by atoms with Crippen molar-refractivity contribution in [3.05, 3.63) is 35.4 Å². The molecule has 1 aromatic carbocycles. The molecule has 100 valence electrons. The van der Waals surface area contributed by atoms with E-state index in [1.165, 1.54) is 19.3 Å². The number of amides is 1. The van der Waals surface area contributed by atoms with Crippen LogP contribution in [0.5, 0.6) is 0 Å². The predicted molar refractivity (Wildman–Crippen MR) is 79.0 cm³/mol. The number of nitrogens with one attached hydrogen (secondary N) is 1. The van der Waals surface area contributed by atoms with Crippen LogP contribution in [0.15, 0.2) is 24.3 Å². The average molecular weight is 274 g/mol. The number of carbonyl (C=O) groups is 1. The Morgan fingerprint density at radius 2 is 2.05 bits per heavy atom. The third kappa shape index (κ3) is 2.50. The van der Waals surface area contributed by atoms with Crippen molar-refractivity contribution in [1.29, 1.82) is 0 Å². The van der Waals surface area contributed by atoms with Gasteiger partial charge < -0.3 is 11.1 Å². The predicted octanol–water partition coefficient (Wildman–Crippen LogP) is 2.24. The smallest absolute Gasteiger partial charge is 0.251 e. The fourth-order valence-electron chi connectivity index (χ4n) is 3.49. The molecule has 1 aromatic rings. The summed E-state index contributed by atoms with van der Waals surface area (Å²) in [6.07, 6.45) is 5.04. The van der Waals surface area contributed by atoms with Crippen molar-refractivity contribution >= 4 is 23.1 Å². The zero-order chi connectivity index (χ0) is 13.4. The number of hydrogen-bond donors (Lipinski definition) is 2. The van der Waals surface area contributed by atoms with Gasteiger partial charge in [0.1, 0.15) is 4.99 Å². The molecule has 0 radical (unpaired) electrons. The van der Waals surface area contributed by atoms with E-state index in [9.17, 15) is 4.79 Å². The Labute approximate surface area is 118 Å². The van der Waals surface area contributed by atoms with E-state index in [4.69, 9.17) is 18.0 Å². The van der Waals surface area contributed by atoms with Crippen LogP contribution in [0.25, 0.3) is 0 Å². The minimum absolute atomic E-state index is 0.00403. The van der Waals surface area contributed by atoms with Gasteiger partial charge in [-0.15, -0.1) is 0 Å². The molecule has 3 nitrogen and oxygen atoms in total. The van der Waals surface area contributed by atoms with Gasteiger partial charge in [-0.1, -0.05) is 30.8 Å². The molecular formula is C15H18N2OS. The molecule has 0 aliphatic heterocycles. The quantitative estimate of drug-likeness (QED) is 0.831. The van der Waals surface area contributed by atoms with E-state index < -0.39 is 0 Å². The molecule has 0 saturated heterocycles. The highest BCUT2D eigenvalue weighted by atomic mass is 32.1. The van der Waals surface area contributed by atoms with Gasteiger partial charge in [-0.2, -0.15) is 0 Å². The molecule has 0 heterocycles. The normalized spacial score (nSPS) is 28.3. The van der Waals surface area contributed by atoms with Gasteiger partial charge in [-0.25, -0.2) is 0 Å². The van der Waals surface area contributed by atoms with Crippen LogP contribution in [-0.4, -0.2) is 16.9 Å². The van der Waals surface area contributed by atoms with Crippen LogP contribution < -0.4 is 11.1 Å². The monoisotopic (exact) mass is 274 g/mol. The lowest BCUT2D eigenvalue weighted by Gasteiger charge is -2.23. The van der Waals surface area contributed by atoms with Crippen molar-refractivity contribution in [2.45, 2.75) is 31.7 Å². The average Bonchev–Trinajstić information content (AvgIpc) is 3.01. The molecule has 2 aliphatic rings. The van der Waals surface area contributed by atoms with Crippen LogP contribution >= 0.6 is 12.2 Å². The first-order valence-electron chi connectivity index (χ1n) is 6.84. The highest BCUT2D eigenvalue weighted by Gasteiger charge is 2.40. The molecule has 2 bridgehead atoms. The molecule has 3 N–H and O–H groups in total. The molecule has 2 saturated carbocycles. The molecule has 2 fully saturated rings. The Bertz CT molecular complexity index is 529. The van der Waals surface area contributed by atoms with E-state index in [1.807, 2.05) is 18.2 Å². The van der Waals surface area contributed by atoms with Crippen LogP contribution in [0, 0.1) is 11.8 Å². The second kappa shape index (κ2) is 4.93. The van der Waals surface area contributed by atoms with Gasteiger partial charge in [0.2, 0.25) is 0 Å². The van der Waals surface area contributed by atoms with Crippen molar-refractivity contribution in [3.63, 3.8) is 0 Å². The fraction of sp³-hybridized carbons (Fsp3) is 0.467. The van der Waals surface area contributed by atoms with Gasteiger partial charge in [-0.05, 0) is 43.2 Å². The zero-order valence-electron chi connectivity index (χ0n) is 10.8. The SMILES string of the molecule is NC(=S)c1cccc(C(=O)NC2CC3CCC2C3)c1. The Balaban J connectivity index is 1.70. The number of carbonyl (C=O) groups excluding carboxylic acids is 1. The first kappa shape index (κ1) is 12.6. The zero-order valence-corrected chi connectivity index (χ0v) is 11.6. The molecular weight excluding hydrogens is 256 g/mol. The largest absolute Gasteiger partial charge is 0.389 e. The summed E-state index contributed by atoms with van der Waals surface area (Å²) in [7, 11) is 0. The second-order valence-electron chi connectivity index (χ2n) is 5.70. The summed E-state index contributed by atoms with van der Waals surface area (Å²) in [5, 5.41) is 3.17. The van der Waals surface area contributed by atoms with Gasteiger partial charge >= 0.3 is 0 Å². The van der Waals surface area contributed by atoms with Crippen LogP contribution in [0.1, 0.15) is 41.6 Å². The third-order valence-corrected chi connectivity index (χ3v) is 4.70. The summed E-state index contributed by atoms with van der Waals surface area (Å²) in [4.78, 5) is 12.6. The molecule has 0 spiro atoms. The number of benzene rings is 1. The Morgan fingerprint density at radius 3 is 2.68 bits per heavy atom. The van der Waals surface area contributed by atoms with E-state index in [1.54, 1.807) is 6.07 Å². The summed E-state index contributed by atoms with van der Waals surface area (Å²) >= 11 is 4.94. The van der Waals surface area contributed by atoms with Crippen molar-refractivity contribution in [2.75, 3.05) is 0 Å². The summed E-state index contributed by atoms with van der Waals surface area (Å²) in [5.74, 6) is 1.52. The first-order chi connectivity index (χ1) is 9.13. The topological polar surface area (TPSA) is 55.1 Å². The third-order valence-electron chi connectivity index (χ3n) is 4.46. The molecule has 1 amide bonds. The first-order valence-corrected chi connectivity index (χ1v) is 7.25. The van der Waals surface area contributed by atoms with E-state index >= 15 is 0 Å². The van der Waals surface area contributed by atoms with Gasteiger partial charge in [0, 0.05) is 17.2 Å². The fourth-order valence-corrected chi connectivity index (χ4v) is 3.61. The number of rotatable bonds is 3. The molecule has 3 unspecified atom stereocenters. The lowest BCUT2D eigenvalue weighted by molar-refractivity contribution is 0.0923. The van der Waals surface area contributed by atoms with Crippen LogP contribution in [-0.2, 0) is 0 Å². The van der Waals surface area contributed by atoms with Crippen molar-refractivity contribution in [3.8, 4) is 0 Å². The van der Waals surface area contributed by atoms with Gasteiger partial charge in [0.25, 0.3) is 5.91 Å². The minimum Gasteiger partial charge on any atom is -0.389 e. The molecule has 2 aliphatic carbocycles. The lowest BCUT2D eigenvalue weighted by atomic mass is 9.95. The Kier molecular flexibility index (Phi) is 3.27. The number of fused-ring (bicyclic) bond motifs is 2. The molecule has 3 atom stereocenters. The highest BCUT2D eigenvalue weighted by molar-refractivity contribution is 7.80. The van der Waals surface area contributed by atoms with Gasteiger partial charge in [0.15, 0.2) is 0 Å². The van der Waals surface area contributed by atoms with Crippen LogP contribution in [0.4, 0.5) is 0 Å². The lowest BCUT2D eigenvalue weighted by Crippen LogP contribution is -2.38. The van der Waals surface area contributed by atoms with Crippen LogP contribution in [0.2, 0.25) is 0 Å². The molecule has 3 rings (SSSR count). The molecule has 19 heavy (non-hydrogen) atoms. The molecule has 0 aromatic heterocycles. The second-order valence-corrected chi connectivity index (χ2v) is 6.14. The number of hydrogen-bond acceptors (Lipinski definition) is 2. The summed E-state index contributed by atoms with van der Waals surface area (Å²) < 4.78 is 0. The van der Waals surface area contributed by atoms with E-state index in [-0.39, 0.29) is 5.91 Å². The van der Waals surface area contributed by atoms with E-state index in [0.717, 1.165) is 17.9 Å². The summed E-state index contributed by atoms with van der Waals surface area (Å²) in [6.45, 7) is 0. The maximum absolute atomic E-state index is 12.3. The summed E-state index contributed by atoms with van der Waals surface area (Å²) in [5.41, 5.74) is 6.99. The van der Waals surface area contributed by atoms with Gasteiger partial charge in [-0.3, -0.25) is 4.79 Å². The molecule has 4 heteroatoms. The minimum atomic E-state index is -0.00403.